The Hall–Kier alpha value is -2.63. The van der Waals surface area contributed by atoms with E-state index in [0.717, 1.165) is 12.8 Å². The number of hydrogen-bond donors (Lipinski definition) is 0. The first-order chi connectivity index (χ1) is 13.3. The zero-order chi connectivity index (χ0) is 18.6. The van der Waals surface area contributed by atoms with E-state index in [0.29, 0.717) is 0 Å². The van der Waals surface area contributed by atoms with Gasteiger partial charge in [0.25, 0.3) is 0 Å². The van der Waals surface area contributed by atoms with Gasteiger partial charge in [-0.2, -0.15) is 0 Å². The fourth-order valence-corrected chi connectivity index (χ4v) is 11.0. The monoisotopic (exact) mass is 372 g/mol. The topological polar surface area (TPSA) is 9.23 Å². The van der Waals surface area contributed by atoms with Gasteiger partial charge in [-0.25, -0.2) is 0 Å². The Bertz CT molecular complexity index is 860. The molecule has 0 saturated heterocycles. The van der Waals surface area contributed by atoms with Crippen LogP contribution in [0.25, 0.3) is 0 Å². The van der Waals surface area contributed by atoms with Crippen LogP contribution in [-0.4, -0.2) is 7.11 Å². The number of benzene rings is 3. The molecule has 0 fully saturated rings. The molecule has 0 amide bonds. The molecule has 136 valence electrons. The van der Waals surface area contributed by atoms with Crippen molar-refractivity contribution >= 4 is 22.5 Å². The van der Waals surface area contributed by atoms with Gasteiger partial charge in [-0.15, -0.1) is 0 Å². The summed E-state index contributed by atoms with van der Waals surface area (Å²) in [5, 5.41) is 5.47. The third-order valence-electron chi connectivity index (χ3n) is 5.70. The van der Waals surface area contributed by atoms with Gasteiger partial charge in [0.2, 0.25) is 0 Å². The van der Waals surface area contributed by atoms with Gasteiger partial charge in [0.05, 0.1) is 0 Å². The number of allylic oxidation sites excluding steroid dienone is 2. The van der Waals surface area contributed by atoms with Crippen molar-refractivity contribution in [1.29, 1.82) is 0 Å². The van der Waals surface area contributed by atoms with Gasteiger partial charge >= 0.3 is 162 Å². The number of rotatable bonds is 4. The quantitative estimate of drug-likeness (QED) is 0.445. The summed E-state index contributed by atoms with van der Waals surface area (Å²) in [5.41, 5.74) is 0. The molecular formula is C25H25OP. The summed E-state index contributed by atoms with van der Waals surface area (Å²) in [5.74, 6) is 2.51. The van der Waals surface area contributed by atoms with Crippen molar-refractivity contribution in [2.45, 2.75) is 12.8 Å². The second-order valence-corrected chi connectivity index (χ2v) is 11.8. The Labute approximate surface area is 161 Å². The molecule has 1 aliphatic heterocycles. The molecule has 27 heavy (non-hydrogen) atoms. The van der Waals surface area contributed by atoms with Crippen LogP contribution in [0.15, 0.2) is 114 Å². The third-order valence-corrected chi connectivity index (χ3v) is 12.1. The predicted molar refractivity (Wildman–Crippen MR) is 119 cm³/mol. The maximum absolute atomic E-state index is 5.66. The van der Waals surface area contributed by atoms with E-state index in [1.807, 2.05) is 6.26 Å². The van der Waals surface area contributed by atoms with E-state index < -0.39 is 6.60 Å². The van der Waals surface area contributed by atoms with Gasteiger partial charge in [0.1, 0.15) is 0 Å². The third kappa shape index (κ3) is 2.50. The molecule has 2 heteroatoms. The average molecular weight is 372 g/mol. The minimum atomic E-state index is -2.97. The second-order valence-electron chi connectivity index (χ2n) is 6.96. The summed E-state index contributed by atoms with van der Waals surface area (Å²) in [6.07, 6.45) is 6.42. The van der Waals surface area contributed by atoms with Gasteiger partial charge in [-0.1, -0.05) is 0 Å². The maximum atomic E-state index is 5.66. The summed E-state index contributed by atoms with van der Waals surface area (Å²) < 4.78 is 5.66. The van der Waals surface area contributed by atoms with Crippen LogP contribution in [0.1, 0.15) is 12.8 Å². The van der Waals surface area contributed by atoms with Gasteiger partial charge in [-0.3, -0.25) is 0 Å². The molecule has 0 unspecified atom stereocenters. The fourth-order valence-electron chi connectivity index (χ4n) is 4.56. The first-order valence-corrected chi connectivity index (χ1v) is 11.7. The predicted octanol–water partition coefficient (Wildman–Crippen LogP) is 5.31. The summed E-state index contributed by atoms with van der Waals surface area (Å²) in [7, 11) is 1.76. The van der Waals surface area contributed by atoms with Gasteiger partial charge in [0.15, 0.2) is 0 Å². The van der Waals surface area contributed by atoms with Crippen molar-refractivity contribution in [3.05, 3.63) is 114 Å². The Morgan fingerprint density at radius 1 is 0.704 bits per heavy atom. The molecule has 3 aromatic carbocycles. The second kappa shape index (κ2) is 7.18. The first kappa shape index (κ1) is 17.8. The van der Waals surface area contributed by atoms with Crippen LogP contribution in [0.2, 0.25) is 0 Å². The van der Waals surface area contributed by atoms with Crippen LogP contribution >= 0.6 is 6.60 Å². The van der Waals surface area contributed by atoms with Crippen molar-refractivity contribution in [2.75, 3.05) is 7.11 Å². The molecule has 1 heterocycles. The van der Waals surface area contributed by atoms with Crippen LogP contribution < -0.4 is 15.9 Å². The normalized spacial score (nSPS) is 20.5. The van der Waals surface area contributed by atoms with Crippen LogP contribution in [0.4, 0.5) is 0 Å². The summed E-state index contributed by atoms with van der Waals surface area (Å²) in [6, 6.07) is 33.0. The summed E-state index contributed by atoms with van der Waals surface area (Å²) in [4.78, 5) is 0. The zero-order valence-electron chi connectivity index (χ0n) is 15.7. The molecule has 0 atom stereocenters. The van der Waals surface area contributed by atoms with Gasteiger partial charge < -0.3 is 0 Å². The number of methoxy groups -OCH3 is 1. The molecule has 4 rings (SSSR count). The first-order valence-electron chi connectivity index (χ1n) is 9.41. The fraction of sp³-hybridized carbons (Fsp3) is 0.120. The molecule has 0 spiro atoms. The molecule has 1 nitrogen and oxygen atoms in total. The van der Waals surface area contributed by atoms with Crippen LogP contribution in [0.5, 0.6) is 0 Å². The van der Waals surface area contributed by atoms with E-state index in [2.05, 4.69) is 103 Å². The molecule has 0 radical (unpaired) electrons. The van der Waals surface area contributed by atoms with E-state index >= 15 is 0 Å². The van der Waals surface area contributed by atoms with Crippen LogP contribution in [0, 0.1) is 0 Å². The van der Waals surface area contributed by atoms with Gasteiger partial charge in [-0.05, 0) is 0 Å². The summed E-state index contributed by atoms with van der Waals surface area (Å²) >= 11 is 0. The van der Waals surface area contributed by atoms with Crippen molar-refractivity contribution in [3.63, 3.8) is 0 Å². The van der Waals surface area contributed by atoms with Crippen LogP contribution in [-0.2, 0) is 4.74 Å². The van der Waals surface area contributed by atoms with E-state index in [1.165, 1.54) is 21.2 Å². The van der Waals surface area contributed by atoms with E-state index in [-0.39, 0.29) is 0 Å². The Morgan fingerprint density at radius 2 is 1.15 bits per heavy atom. The standard InChI is InChI=1S/C25H25OP/c1-26-21-25-19-11-12-20-27(25,22-13-5-2-6-14-22,23-15-7-3-8-16-23)24-17-9-4-10-18-24/h2-10,12-18,20-21H,11,19H2,1H3/b25-21+. The molecule has 1 aliphatic rings. The van der Waals surface area contributed by atoms with Crippen molar-refractivity contribution in [1.82, 2.24) is 0 Å². The van der Waals surface area contributed by atoms with E-state index in [1.54, 1.807) is 7.11 Å². The van der Waals surface area contributed by atoms with E-state index in [4.69, 9.17) is 4.74 Å². The molecule has 0 aliphatic carbocycles. The molecular weight excluding hydrogens is 347 g/mol. The molecule has 0 saturated carbocycles. The van der Waals surface area contributed by atoms with Gasteiger partial charge in [0, 0.05) is 0 Å². The Morgan fingerprint density at radius 3 is 1.56 bits per heavy atom. The number of hydrogen-bond acceptors (Lipinski definition) is 1. The Kier molecular flexibility index (Phi) is 4.72. The number of ether oxygens (including phenoxy) is 1. The molecule has 0 N–H and O–H groups in total. The SMILES string of the molecule is CO/C=C1\CCC=CP1(c1ccccc1)(c1ccccc1)c1ccccc1. The minimum absolute atomic E-state index is 1.00. The molecule has 0 aromatic heterocycles. The zero-order valence-corrected chi connectivity index (χ0v) is 16.6. The Balaban J connectivity index is 2.26. The van der Waals surface area contributed by atoms with E-state index in [9.17, 15) is 0 Å². The summed E-state index contributed by atoms with van der Waals surface area (Å²) in [6.45, 7) is -2.97. The van der Waals surface area contributed by atoms with Crippen molar-refractivity contribution in [3.8, 4) is 0 Å². The van der Waals surface area contributed by atoms with Crippen molar-refractivity contribution in [2.24, 2.45) is 0 Å². The molecule has 3 aromatic rings. The molecule has 0 bridgehead atoms. The van der Waals surface area contributed by atoms with Crippen LogP contribution in [0.3, 0.4) is 0 Å². The average Bonchev–Trinajstić information content (AvgIpc) is 2.76. The van der Waals surface area contributed by atoms with Crippen molar-refractivity contribution < 1.29 is 4.74 Å².